The van der Waals surface area contributed by atoms with E-state index in [4.69, 9.17) is 0 Å². The molecule has 0 bridgehead atoms. The van der Waals surface area contributed by atoms with E-state index in [-0.39, 0.29) is 5.92 Å². The van der Waals surface area contributed by atoms with Crippen LogP contribution in [-0.4, -0.2) is 41.3 Å². The van der Waals surface area contributed by atoms with Crippen LogP contribution in [0.2, 0.25) is 0 Å². The highest BCUT2D eigenvalue weighted by atomic mass is 32.3. The zero-order valence-electron chi connectivity index (χ0n) is 15.3. The molecule has 1 rings (SSSR count). The van der Waals surface area contributed by atoms with E-state index < -0.39 is 56.1 Å². The van der Waals surface area contributed by atoms with E-state index in [0.717, 1.165) is 12.1 Å². The summed E-state index contributed by atoms with van der Waals surface area (Å²) in [5.41, 5.74) is -5.91. The van der Waals surface area contributed by atoms with Crippen LogP contribution in [0.15, 0.2) is 24.3 Å². The summed E-state index contributed by atoms with van der Waals surface area (Å²) in [6, 6.07) is 3.97. The van der Waals surface area contributed by atoms with Crippen molar-refractivity contribution in [2.45, 2.75) is 42.2 Å². The third-order valence-electron chi connectivity index (χ3n) is 3.78. The van der Waals surface area contributed by atoms with Gasteiger partial charge >= 0.3 is 36.2 Å². The molecule has 0 spiro atoms. The number of alkyl halides is 7. The molecule has 0 amide bonds. The first-order valence-electron chi connectivity index (χ1n) is 7.77. The Morgan fingerprint density at radius 2 is 1.29 bits per heavy atom. The van der Waals surface area contributed by atoms with Gasteiger partial charge in [-0.1, -0.05) is 30.1 Å². The number of nitrogens with one attached hydrogen (secondary N) is 1. The lowest BCUT2D eigenvalue weighted by atomic mass is 9.99. The van der Waals surface area contributed by atoms with Gasteiger partial charge in [0.2, 0.25) is 0 Å². The predicted octanol–water partition coefficient (Wildman–Crippen LogP) is 2.86. The van der Waals surface area contributed by atoms with Crippen LogP contribution in [0.4, 0.5) is 30.7 Å². The lowest BCUT2D eigenvalue weighted by Crippen LogP contribution is -2.58. The maximum absolute atomic E-state index is 13.9. The van der Waals surface area contributed by atoms with E-state index in [1.54, 1.807) is 13.8 Å². The Labute approximate surface area is 172 Å². The van der Waals surface area contributed by atoms with Crippen LogP contribution >= 0.6 is 0 Å². The third-order valence-corrected chi connectivity index (χ3v) is 8.50. The molecule has 1 N–H and O–H groups in total. The maximum atomic E-state index is 13.9. The molecule has 1 aromatic carbocycles. The molecule has 180 valence electrons. The number of hydrogen-bond acceptors (Lipinski definition) is 7. The second-order valence-corrected chi connectivity index (χ2v) is 11.2. The van der Waals surface area contributed by atoms with Gasteiger partial charge in [0.1, 0.15) is 5.75 Å². The normalized spacial score (nSPS) is 15.5. The molecule has 0 radical (unpaired) electrons. The fourth-order valence-electron chi connectivity index (χ4n) is 1.81. The fourth-order valence-corrected chi connectivity index (χ4v) is 5.47. The lowest BCUT2D eigenvalue weighted by Gasteiger charge is -2.25. The van der Waals surface area contributed by atoms with Crippen molar-refractivity contribution in [3.05, 3.63) is 29.8 Å². The monoisotopic (exact) mass is 525 g/mol. The Morgan fingerprint density at radius 3 is 1.68 bits per heavy atom. The van der Waals surface area contributed by atoms with Crippen molar-refractivity contribution >= 4 is 30.2 Å². The van der Waals surface area contributed by atoms with Gasteiger partial charge in [0.05, 0.1) is 0 Å². The maximum Gasteiger partial charge on any atom is 0.512 e. The Kier molecular flexibility index (Phi) is 7.38. The summed E-state index contributed by atoms with van der Waals surface area (Å²) in [5, 5.41) is -13.6. The molecular formula is C13H14F7NO7S3. The number of rotatable bonds is 9. The van der Waals surface area contributed by atoms with Gasteiger partial charge in [0.15, 0.2) is 0 Å². The summed E-state index contributed by atoms with van der Waals surface area (Å²) in [6.07, 6.45) is 0.620. The minimum atomic E-state index is -7.46. The van der Waals surface area contributed by atoms with E-state index in [0.29, 0.717) is 12.0 Å². The second-order valence-electron chi connectivity index (χ2n) is 5.99. The molecule has 0 saturated heterocycles. The standard InChI is InChI=1S/C13H14F7NO7S3/c1-3-8(2)9-4-6-10(7-5-9)28-31(26,27)12(16,17)11(14,15)29(22,23)21-30(24,25)13(18,19)20/h4-8,21H,3H2,1-2H3. The highest BCUT2D eigenvalue weighted by Crippen LogP contribution is 2.44. The van der Waals surface area contributed by atoms with Gasteiger partial charge in [-0.2, -0.15) is 39.2 Å². The minimum Gasteiger partial charge on any atom is -0.378 e. The van der Waals surface area contributed by atoms with Crippen LogP contribution in [-0.2, 0) is 30.2 Å². The molecule has 0 aromatic heterocycles. The number of halogens is 7. The summed E-state index contributed by atoms with van der Waals surface area (Å²) < 4.78 is 162. The van der Waals surface area contributed by atoms with Gasteiger partial charge in [-0.05, 0) is 30.0 Å². The third kappa shape index (κ3) is 5.23. The van der Waals surface area contributed by atoms with E-state index in [9.17, 15) is 56.0 Å². The van der Waals surface area contributed by atoms with Crippen LogP contribution in [0.5, 0.6) is 5.75 Å². The average molecular weight is 525 g/mol. The van der Waals surface area contributed by atoms with Gasteiger partial charge in [-0.3, -0.25) is 0 Å². The number of hydrogen-bond donors (Lipinski definition) is 1. The molecule has 31 heavy (non-hydrogen) atoms. The molecule has 0 aliphatic carbocycles. The largest absolute Gasteiger partial charge is 0.512 e. The molecule has 1 unspecified atom stereocenters. The Balaban J connectivity index is 3.32. The van der Waals surface area contributed by atoms with Crippen molar-refractivity contribution in [2.75, 3.05) is 0 Å². The minimum absolute atomic E-state index is 0.0665. The first-order valence-corrected chi connectivity index (χ1v) is 12.1. The van der Waals surface area contributed by atoms with Gasteiger partial charge in [0.25, 0.3) is 10.0 Å². The van der Waals surface area contributed by atoms with Crippen molar-refractivity contribution in [2.24, 2.45) is 0 Å². The zero-order valence-corrected chi connectivity index (χ0v) is 17.8. The first kappa shape index (κ1) is 27.4. The molecule has 0 aliphatic heterocycles. The average Bonchev–Trinajstić information content (AvgIpc) is 2.59. The summed E-state index contributed by atoms with van der Waals surface area (Å²) >= 11 is 0. The summed E-state index contributed by atoms with van der Waals surface area (Å²) in [7, 11) is -21.4. The fraction of sp³-hybridized carbons (Fsp3) is 0.538. The van der Waals surface area contributed by atoms with Gasteiger partial charge < -0.3 is 4.18 Å². The molecule has 1 aromatic rings. The quantitative estimate of drug-likeness (QED) is 0.389. The molecular weight excluding hydrogens is 511 g/mol. The summed E-state index contributed by atoms with van der Waals surface area (Å²) in [5.74, 6) is -1.01. The van der Waals surface area contributed by atoms with E-state index in [1.165, 1.54) is 12.1 Å². The Morgan fingerprint density at radius 1 is 0.839 bits per heavy atom. The molecule has 1 atom stereocenters. The van der Waals surface area contributed by atoms with Crippen LogP contribution in [0.3, 0.4) is 0 Å². The van der Waals surface area contributed by atoms with E-state index in [1.807, 2.05) is 0 Å². The van der Waals surface area contributed by atoms with Crippen molar-refractivity contribution in [3.63, 3.8) is 0 Å². The van der Waals surface area contributed by atoms with E-state index in [2.05, 4.69) is 4.18 Å². The van der Waals surface area contributed by atoms with Crippen molar-refractivity contribution in [1.29, 1.82) is 0 Å². The zero-order chi connectivity index (χ0) is 24.7. The van der Waals surface area contributed by atoms with Crippen molar-refractivity contribution in [1.82, 2.24) is 4.13 Å². The summed E-state index contributed by atoms with van der Waals surface area (Å²) in [4.78, 5) is 0. The van der Waals surface area contributed by atoms with Gasteiger partial charge in [0, 0.05) is 0 Å². The molecule has 0 fully saturated rings. The number of benzene rings is 1. The number of sulfonamides is 2. The van der Waals surface area contributed by atoms with Crippen LogP contribution in [0.1, 0.15) is 31.7 Å². The lowest BCUT2D eigenvalue weighted by molar-refractivity contribution is -0.101. The highest BCUT2D eigenvalue weighted by molar-refractivity contribution is 8.06. The second kappa shape index (κ2) is 8.36. The SMILES string of the molecule is CCC(C)c1ccc(OS(=O)(=O)C(F)(F)C(F)(F)S(=O)(=O)NS(=O)(=O)C(F)(F)F)cc1. The molecule has 0 aliphatic rings. The highest BCUT2D eigenvalue weighted by Gasteiger charge is 2.76. The van der Waals surface area contributed by atoms with Crippen LogP contribution < -0.4 is 8.31 Å². The topological polar surface area (TPSA) is 124 Å². The van der Waals surface area contributed by atoms with Crippen molar-refractivity contribution in [3.8, 4) is 5.75 Å². The molecule has 0 heterocycles. The van der Waals surface area contributed by atoms with Crippen molar-refractivity contribution < 1.29 is 60.2 Å². The van der Waals surface area contributed by atoms with E-state index >= 15 is 0 Å². The predicted molar refractivity (Wildman–Crippen MR) is 91.6 cm³/mol. The van der Waals surface area contributed by atoms with Gasteiger partial charge in [-0.25, -0.2) is 16.8 Å². The van der Waals surface area contributed by atoms with Crippen LogP contribution in [0.25, 0.3) is 0 Å². The van der Waals surface area contributed by atoms with Crippen LogP contribution in [0, 0.1) is 0 Å². The Hall–Kier alpha value is -1.66. The smallest absolute Gasteiger partial charge is 0.378 e. The summed E-state index contributed by atoms with van der Waals surface area (Å²) in [6.45, 7) is 3.53. The molecule has 8 nitrogen and oxygen atoms in total. The molecule has 18 heteroatoms. The molecule has 0 saturated carbocycles. The van der Waals surface area contributed by atoms with Gasteiger partial charge in [-0.15, -0.1) is 0 Å². The first-order chi connectivity index (χ1) is 13.6. The Bertz CT molecular complexity index is 1110.